The summed E-state index contributed by atoms with van der Waals surface area (Å²) >= 11 is 0. The SMILES string of the molecule is CC1C(N(c2ccc(-c3ccc(-c4cn[nH]c4)cc3O)nn2)C2CCC2)CCN(C)C1(C)C. The smallest absolute Gasteiger partial charge is 0.151 e. The van der Waals surface area contributed by atoms with Crippen LogP contribution in [0.4, 0.5) is 5.82 Å². The minimum Gasteiger partial charge on any atom is -0.507 e. The van der Waals surface area contributed by atoms with Gasteiger partial charge in [-0.2, -0.15) is 5.10 Å². The van der Waals surface area contributed by atoms with Crippen molar-refractivity contribution in [2.75, 3.05) is 18.5 Å². The predicted molar refractivity (Wildman–Crippen MR) is 131 cm³/mol. The van der Waals surface area contributed by atoms with Gasteiger partial charge in [0.1, 0.15) is 5.75 Å². The van der Waals surface area contributed by atoms with Crippen molar-refractivity contribution in [3.8, 4) is 28.1 Å². The van der Waals surface area contributed by atoms with Crippen molar-refractivity contribution in [2.45, 2.75) is 64.1 Å². The molecule has 0 bridgehead atoms. The minimum atomic E-state index is 0.140. The zero-order valence-corrected chi connectivity index (χ0v) is 20.0. The molecule has 0 radical (unpaired) electrons. The Kier molecular flexibility index (Phi) is 5.60. The fraction of sp³-hybridized carbons (Fsp3) is 0.500. The Hall–Kier alpha value is -2.93. The van der Waals surface area contributed by atoms with Crippen LogP contribution in [0, 0.1) is 5.92 Å². The van der Waals surface area contributed by atoms with E-state index in [1.54, 1.807) is 12.3 Å². The van der Waals surface area contributed by atoms with Crippen LogP contribution in [-0.2, 0) is 0 Å². The van der Waals surface area contributed by atoms with Crippen LogP contribution in [0.2, 0.25) is 0 Å². The molecule has 2 N–H and O–H groups in total. The molecule has 2 atom stereocenters. The summed E-state index contributed by atoms with van der Waals surface area (Å²) in [6.45, 7) is 8.18. The summed E-state index contributed by atoms with van der Waals surface area (Å²) in [4.78, 5) is 5.04. The largest absolute Gasteiger partial charge is 0.507 e. The van der Waals surface area contributed by atoms with Crippen LogP contribution < -0.4 is 4.90 Å². The van der Waals surface area contributed by atoms with Crippen LogP contribution in [0.15, 0.2) is 42.7 Å². The number of piperidine rings is 1. The Labute approximate surface area is 195 Å². The molecule has 1 saturated carbocycles. The lowest BCUT2D eigenvalue weighted by atomic mass is 9.75. The Balaban J connectivity index is 1.42. The van der Waals surface area contributed by atoms with Crippen LogP contribution in [-0.4, -0.2) is 61.6 Å². The van der Waals surface area contributed by atoms with Crippen molar-refractivity contribution in [1.29, 1.82) is 0 Å². The second-order valence-corrected chi connectivity index (χ2v) is 10.2. The zero-order chi connectivity index (χ0) is 23.2. The monoisotopic (exact) mass is 446 g/mol. The maximum Gasteiger partial charge on any atom is 0.151 e. The molecule has 5 rings (SSSR count). The Morgan fingerprint density at radius 3 is 2.52 bits per heavy atom. The minimum absolute atomic E-state index is 0.140. The molecule has 1 aromatic carbocycles. The van der Waals surface area contributed by atoms with E-state index in [1.165, 1.54) is 19.3 Å². The van der Waals surface area contributed by atoms with Gasteiger partial charge < -0.3 is 14.9 Å². The highest BCUT2D eigenvalue weighted by atomic mass is 16.3. The summed E-state index contributed by atoms with van der Waals surface area (Å²) in [7, 11) is 2.24. The van der Waals surface area contributed by atoms with Gasteiger partial charge in [0.15, 0.2) is 5.82 Å². The third-order valence-corrected chi connectivity index (χ3v) is 8.28. The number of rotatable bonds is 5. The summed E-state index contributed by atoms with van der Waals surface area (Å²) in [6, 6.07) is 10.7. The molecule has 7 heteroatoms. The van der Waals surface area contributed by atoms with Gasteiger partial charge >= 0.3 is 0 Å². The van der Waals surface area contributed by atoms with Crippen LogP contribution in [0.3, 0.4) is 0 Å². The number of aromatic nitrogens is 4. The van der Waals surface area contributed by atoms with Crippen molar-refractivity contribution in [1.82, 2.24) is 25.3 Å². The maximum atomic E-state index is 10.7. The van der Waals surface area contributed by atoms with Gasteiger partial charge in [0.2, 0.25) is 0 Å². The summed E-state index contributed by atoms with van der Waals surface area (Å²) in [5.74, 6) is 1.66. The molecule has 174 valence electrons. The van der Waals surface area contributed by atoms with E-state index < -0.39 is 0 Å². The molecule has 0 spiro atoms. The highest BCUT2D eigenvalue weighted by molar-refractivity contribution is 5.73. The molecule has 0 amide bonds. The van der Waals surface area contributed by atoms with Gasteiger partial charge in [0.05, 0.1) is 11.9 Å². The van der Waals surface area contributed by atoms with Gasteiger partial charge in [0, 0.05) is 41.5 Å². The van der Waals surface area contributed by atoms with Crippen molar-refractivity contribution in [3.63, 3.8) is 0 Å². The number of nitrogens with zero attached hydrogens (tertiary/aromatic N) is 5. The van der Waals surface area contributed by atoms with E-state index in [2.05, 4.69) is 64.1 Å². The van der Waals surface area contributed by atoms with E-state index >= 15 is 0 Å². The van der Waals surface area contributed by atoms with E-state index in [9.17, 15) is 5.11 Å². The number of H-pyrrole nitrogens is 1. The van der Waals surface area contributed by atoms with Gasteiger partial charge in [-0.25, -0.2) is 0 Å². The maximum absolute atomic E-state index is 10.7. The number of hydrogen-bond donors (Lipinski definition) is 2. The van der Waals surface area contributed by atoms with E-state index in [0.717, 1.165) is 29.9 Å². The molecular formula is C26H34N6O. The standard InChI is InChI=1S/C26H34N6O/c1-17-23(12-13-31(4)26(17,2)3)32(20-6-5-7-20)25-11-10-22(29-30-25)21-9-8-18(14-24(21)33)19-15-27-28-16-19/h8-11,14-17,20,23,33H,5-7,12-13H2,1-4H3,(H,27,28). The number of benzene rings is 1. The number of anilines is 1. The molecular weight excluding hydrogens is 412 g/mol. The number of nitrogens with one attached hydrogen (secondary N) is 1. The van der Waals surface area contributed by atoms with Crippen molar-refractivity contribution in [3.05, 3.63) is 42.7 Å². The molecule has 2 unspecified atom stereocenters. The second-order valence-electron chi connectivity index (χ2n) is 10.2. The lowest BCUT2D eigenvalue weighted by molar-refractivity contribution is 0.0333. The number of aromatic hydroxyl groups is 1. The first-order chi connectivity index (χ1) is 15.9. The highest BCUT2D eigenvalue weighted by Crippen LogP contribution is 2.40. The van der Waals surface area contributed by atoms with Crippen LogP contribution in [0.5, 0.6) is 5.75 Å². The Morgan fingerprint density at radius 1 is 1.09 bits per heavy atom. The number of phenolic OH excluding ortho intramolecular Hbond substituents is 1. The van der Waals surface area contributed by atoms with E-state index in [4.69, 9.17) is 0 Å². The Morgan fingerprint density at radius 2 is 1.91 bits per heavy atom. The molecule has 3 heterocycles. The zero-order valence-electron chi connectivity index (χ0n) is 20.0. The van der Waals surface area contributed by atoms with Gasteiger partial charge in [-0.15, -0.1) is 10.2 Å². The molecule has 3 aromatic rings. The first-order valence-corrected chi connectivity index (χ1v) is 12.0. The van der Waals surface area contributed by atoms with Crippen LogP contribution >= 0.6 is 0 Å². The fourth-order valence-electron chi connectivity index (χ4n) is 5.30. The number of hydrogen-bond acceptors (Lipinski definition) is 6. The number of aromatic amines is 1. The Bertz CT molecular complexity index is 1090. The fourth-order valence-corrected chi connectivity index (χ4v) is 5.30. The molecule has 7 nitrogen and oxygen atoms in total. The third kappa shape index (κ3) is 3.88. The molecule has 2 fully saturated rings. The van der Waals surface area contributed by atoms with Gasteiger partial charge in [0.25, 0.3) is 0 Å². The number of phenols is 1. The first-order valence-electron chi connectivity index (χ1n) is 12.0. The lowest BCUT2D eigenvalue weighted by Gasteiger charge is -2.54. The van der Waals surface area contributed by atoms with E-state index in [1.807, 2.05) is 24.4 Å². The molecule has 33 heavy (non-hydrogen) atoms. The second kappa shape index (κ2) is 8.45. The number of likely N-dealkylation sites (tertiary alicyclic amines) is 1. The van der Waals surface area contributed by atoms with Crippen LogP contribution in [0.1, 0.15) is 46.5 Å². The van der Waals surface area contributed by atoms with Crippen molar-refractivity contribution >= 4 is 5.82 Å². The quantitative estimate of drug-likeness (QED) is 0.590. The molecule has 1 aliphatic heterocycles. The summed E-state index contributed by atoms with van der Waals surface area (Å²) < 4.78 is 0. The molecule has 1 aliphatic carbocycles. The summed E-state index contributed by atoms with van der Waals surface area (Å²) in [6.07, 6.45) is 8.41. The molecule has 1 saturated heterocycles. The first kappa shape index (κ1) is 21.9. The van der Waals surface area contributed by atoms with Gasteiger partial charge in [-0.3, -0.25) is 5.10 Å². The molecule has 2 aromatic heterocycles. The van der Waals surface area contributed by atoms with E-state index in [-0.39, 0.29) is 11.3 Å². The average Bonchev–Trinajstić information content (AvgIpc) is 3.31. The van der Waals surface area contributed by atoms with Crippen molar-refractivity contribution in [2.24, 2.45) is 5.92 Å². The summed E-state index contributed by atoms with van der Waals surface area (Å²) in [5.41, 5.74) is 3.35. The highest BCUT2D eigenvalue weighted by Gasteiger charge is 2.44. The lowest BCUT2D eigenvalue weighted by Crippen LogP contribution is -2.62. The molecule has 2 aliphatic rings. The van der Waals surface area contributed by atoms with Crippen molar-refractivity contribution < 1.29 is 5.11 Å². The third-order valence-electron chi connectivity index (χ3n) is 8.28. The topological polar surface area (TPSA) is 81.2 Å². The van der Waals surface area contributed by atoms with Gasteiger partial charge in [-0.05, 0) is 82.3 Å². The predicted octanol–water partition coefficient (Wildman–Crippen LogP) is 4.72. The van der Waals surface area contributed by atoms with Crippen LogP contribution in [0.25, 0.3) is 22.4 Å². The van der Waals surface area contributed by atoms with E-state index in [0.29, 0.717) is 29.3 Å². The van der Waals surface area contributed by atoms with Gasteiger partial charge in [-0.1, -0.05) is 13.0 Å². The normalized spacial score (nSPS) is 23.3. The summed E-state index contributed by atoms with van der Waals surface area (Å²) in [5, 5.41) is 26.7. The average molecular weight is 447 g/mol.